The first-order chi connectivity index (χ1) is 8.20. The lowest BCUT2D eigenvalue weighted by Gasteiger charge is -2.17. The van der Waals surface area contributed by atoms with Crippen LogP contribution in [0.25, 0.3) is 0 Å². The molecule has 1 fully saturated rings. The van der Waals surface area contributed by atoms with Crippen molar-refractivity contribution in [2.45, 2.75) is 50.3 Å². The molecule has 0 amide bonds. The fourth-order valence-electron chi connectivity index (χ4n) is 2.41. The second kappa shape index (κ2) is 4.74. The second-order valence-electron chi connectivity index (χ2n) is 5.56. The molecule has 1 aromatic rings. The summed E-state index contributed by atoms with van der Waals surface area (Å²) in [5, 5.41) is 0. The number of rotatable bonds is 3. The molecule has 0 saturated heterocycles. The van der Waals surface area contributed by atoms with Gasteiger partial charge < -0.3 is 0 Å². The summed E-state index contributed by atoms with van der Waals surface area (Å²) in [5.74, 6) is 0. The predicted octanol–water partition coefficient (Wildman–Crippen LogP) is 2.96. The molecular formula is C11H17ClN2O2S2. The van der Waals surface area contributed by atoms with Crippen molar-refractivity contribution < 1.29 is 8.42 Å². The zero-order valence-corrected chi connectivity index (χ0v) is 13.0. The third kappa shape index (κ3) is 3.04. The van der Waals surface area contributed by atoms with E-state index in [1.165, 1.54) is 0 Å². The third-order valence-electron chi connectivity index (χ3n) is 3.26. The monoisotopic (exact) mass is 308 g/mol. The molecule has 102 valence electrons. The van der Waals surface area contributed by atoms with E-state index < -0.39 is 10.0 Å². The summed E-state index contributed by atoms with van der Waals surface area (Å²) in [5.41, 5.74) is 0.683. The molecule has 4 nitrogen and oxygen atoms in total. The highest BCUT2D eigenvalue weighted by Crippen LogP contribution is 2.38. The Hall–Kier alpha value is -0.170. The Labute approximate surface area is 117 Å². The number of thiazole rings is 1. The van der Waals surface area contributed by atoms with E-state index in [1.54, 1.807) is 6.92 Å². The van der Waals surface area contributed by atoms with Crippen LogP contribution in [0.5, 0.6) is 0 Å². The SMILES string of the molecule is Cc1nc(Cl)sc1S(=O)(=O)NC1CCC(C)(C)C1. The molecule has 1 N–H and O–H groups in total. The average molecular weight is 309 g/mol. The minimum absolute atomic E-state index is 0.0188. The zero-order chi connectivity index (χ0) is 13.6. The van der Waals surface area contributed by atoms with Crippen LogP contribution >= 0.6 is 22.9 Å². The molecule has 1 aliphatic carbocycles. The molecule has 1 atom stereocenters. The van der Waals surface area contributed by atoms with Gasteiger partial charge in [0.2, 0.25) is 0 Å². The number of sulfonamides is 1. The number of halogens is 1. The van der Waals surface area contributed by atoms with Crippen LogP contribution in [-0.2, 0) is 10.0 Å². The number of nitrogens with zero attached hydrogens (tertiary/aromatic N) is 1. The molecule has 1 unspecified atom stereocenters. The standard InChI is InChI=1S/C11H17ClN2O2S2/c1-7-9(17-10(12)13-7)18(15,16)14-8-4-5-11(2,3)6-8/h8,14H,4-6H2,1-3H3. The maximum atomic E-state index is 12.2. The Kier molecular flexibility index (Phi) is 3.75. The van der Waals surface area contributed by atoms with Crippen molar-refractivity contribution in [2.75, 3.05) is 0 Å². The molecule has 2 rings (SSSR count). The number of hydrogen-bond acceptors (Lipinski definition) is 4. The summed E-state index contributed by atoms with van der Waals surface area (Å²) in [6.45, 7) is 5.99. The maximum absolute atomic E-state index is 12.2. The van der Waals surface area contributed by atoms with Crippen molar-refractivity contribution in [3.05, 3.63) is 10.2 Å². The zero-order valence-electron chi connectivity index (χ0n) is 10.7. The number of aryl methyl sites for hydroxylation is 1. The van der Waals surface area contributed by atoms with Crippen LogP contribution in [-0.4, -0.2) is 19.4 Å². The lowest BCUT2D eigenvalue weighted by Crippen LogP contribution is -2.33. The highest BCUT2D eigenvalue weighted by molar-refractivity contribution is 7.91. The van der Waals surface area contributed by atoms with Gasteiger partial charge in [0, 0.05) is 6.04 Å². The van der Waals surface area contributed by atoms with Crippen molar-refractivity contribution in [3.8, 4) is 0 Å². The van der Waals surface area contributed by atoms with Crippen LogP contribution in [0.3, 0.4) is 0 Å². The Morgan fingerprint density at radius 2 is 2.17 bits per heavy atom. The molecule has 18 heavy (non-hydrogen) atoms. The number of hydrogen-bond donors (Lipinski definition) is 1. The Bertz CT molecular complexity index is 551. The molecule has 0 aliphatic heterocycles. The molecule has 7 heteroatoms. The van der Waals surface area contributed by atoms with Crippen LogP contribution in [0.4, 0.5) is 0 Å². The molecule has 1 aromatic heterocycles. The van der Waals surface area contributed by atoms with Gasteiger partial charge in [0.05, 0.1) is 5.69 Å². The third-order valence-corrected chi connectivity index (χ3v) is 6.65. The molecular weight excluding hydrogens is 292 g/mol. The van der Waals surface area contributed by atoms with Gasteiger partial charge in [0.25, 0.3) is 10.0 Å². The number of nitrogens with one attached hydrogen (secondary N) is 1. The van der Waals surface area contributed by atoms with Crippen molar-refractivity contribution >= 4 is 33.0 Å². The first kappa shape index (κ1) is 14.2. The largest absolute Gasteiger partial charge is 0.252 e. The Balaban J connectivity index is 2.16. The van der Waals surface area contributed by atoms with E-state index in [9.17, 15) is 8.42 Å². The second-order valence-corrected chi connectivity index (χ2v) is 9.06. The first-order valence-corrected chi connectivity index (χ1v) is 8.53. The summed E-state index contributed by atoms with van der Waals surface area (Å²) >= 11 is 6.76. The van der Waals surface area contributed by atoms with Gasteiger partial charge in [-0.2, -0.15) is 0 Å². The van der Waals surface area contributed by atoms with Crippen LogP contribution in [0, 0.1) is 12.3 Å². The van der Waals surface area contributed by atoms with Crippen molar-refractivity contribution in [3.63, 3.8) is 0 Å². The summed E-state index contributed by atoms with van der Waals surface area (Å²) in [6, 6.07) is 0.0188. The minimum atomic E-state index is -3.48. The van der Waals surface area contributed by atoms with Crippen molar-refractivity contribution in [1.29, 1.82) is 0 Å². The van der Waals surface area contributed by atoms with Crippen LogP contribution in [0.1, 0.15) is 38.8 Å². The maximum Gasteiger partial charge on any atom is 0.252 e. The Morgan fingerprint density at radius 1 is 1.50 bits per heavy atom. The topological polar surface area (TPSA) is 59.1 Å². The number of aromatic nitrogens is 1. The van der Waals surface area contributed by atoms with E-state index >= 15 is 0 Å². The molecule has 0 aromatic carbocycles. The molecule has 0 spiro atoms. The minimum Gasteiger partial charge on any atom is -0.229 e. The van der Waals surface area contributed by atoms with E-state index in [1.807, 2.05) is 0 Å². The van der Waals surface area contributed by atoms with Gasteiger partial charge in [-0.1, -0.05) is 36.8 Å². The fourth-order valence-corrected chi connectivity index (χ4v) is 5.44. The van der Waals surface area contributed by atoms with Crippen molar-refractivity contribution in [1.82, 2.24) is 9.71 Å². The molecule has 0 radical (unpaired) electrons. The average Bonchev–Trinajstić information content (AvgIpc) is 2.69. The van der Waals surface area contributed by atoms with Gasteiger partial charge in [0.1, 0.15) is 0 Å². The van der Waals surface area contributed by atoms with Gasteiger partial charge in [-0.15, -0.1) is 0 Å². The summed E-state index contributed by atoms with van der Waals surface area (Å²) in [4.78, 5) is 3.95. The fraction of sp³-hybridized carbons (Fsp3) is 0.727. The summed E-state index contributed by atoms with van der Waals surface area (Å²) < 4.78 is 27.7. The van der Waals surface area contributed by atoms with E-state index in [-0.39, 0.29) is 20.1 Å². The van der Waals surface area contributed by atoms with Gasteiger partial charge >= 0.3 is 0 Å². The van der Waals surface area contributed by atoms with E-state index in [0.717, 1.165) is 30.6 Å². The van der Waals surface area contributed by atoms with Gasteiger partial charge in [-0.25, -0.2) is 18.1 Å². The lowest BCUT2D eigenvalue weighted by molar-refractivity contribution is 0.372. The van der Waals surface area contributed by atoms with Gasteiger partial charge in [-0.05, 0) is 31.6 Å². The molecule has 1 aliphatic rings. The van der Waals surface area contributed by atoms with E-state index in [0.29, 0.717) is 5.69 Å². The Morgan fingerprint density at radius 3 is 2.61 bits per heavy atom. The highest BCUT2D eigenvalue weighted by atomic mass is 35.5. The predicted molar refractivity (Wildman–Crippen MR) is 73.6 cm³/mol. The molecule has 0 bridgehead atoms. The normalized spacial score (nSPS) is 23.4. The lowest BCUT2D eigenvalue weighted by atomic mass is 9.92. The van der Waals surface area contributed by atoms with Crippen LogP contribution in [0.15, 0.2) is 4.21 Å². The quantitative estimate of drug-likeness (QED) is 0.934. The van der Waals surface area contributed by atoms with Crippen LogP contribution < -0.4 is 4.72 Å². The first-order valence-electron chi connectivity index (χ1n) is 5.85. The highest BCUT2D eigenvalue weighted by Gasteiger charge is 2.34. The van der Waals surface area contributed by atoms with E-state index in [2.05, 4.69) is 23.6 Å². The summed E-state index contributed by atoms with van der Waals surface area (Å²) in [7, 11) is -3.48. The molecule has 1 heterocycles. The molecule has 1 saturated carbocycles. The van der Waals surface area contributed by atoms with Crippen LogP contribution in [0.2, 0.25) is 4.47 Å². The summed E-state index contributed by atoms with van der Waals surface area (Å²) in [6.07, 6.45) is 2.80. The van der Waals surface area contributed by atoms with E-state index in [4.69, 9.17) is 11.6 Å². The van der Waals surface area contributed by atoms with Gasteiger partial charge in [0.15, 0.2) is 8.68 Å². The smallest absolute Gasteiger partial charge is 0.229 e. The van der Waals surface area contributed by atoms with Crippen molar-refractivity contribution in [2.24, 2.45) is 5.41 Å². The van der Waals surface area contributed by atoms with Gasteiger partial charge in [-0.3, -0.25) is 0 Å².